The predicted octanol–water partition coefficient (Wildman–Crippen LogP) is 2.56. The van der Waals surface area contributed by atoms with E-state index in [2.05, 4.69) is 35.0 Å². The Labute approximate surface area is 146 Å². The van der Waals surface area contributed by atoms with Gasteiger partial charge in [0, 0.05) is 35.5 Å². The lowest BCUT2D eigenvalue weighted by molar-refractivity contribution is 0.0641. The molecule has 1 fully saturated rings. The van der Waals surface area contributed by atoms with Crippen molar-refractivity contribution in [3.63, 3.8) is 0 Å². The Morgan fingerprint density at radius 3 is 2.64 bits per heavy atom. The van der Waals surface area contributed by atoms with Crippen molar-refractivity contribution in [2.45, 2.75) is 26.3 Å². The van der Waals surface area contributed by atoms with Crippen molar-refractivity contribution in [1.82, 2.24) is 9.88 Å². The first-order chi connectivity index (χ1) is 11.8. The quantitative estimate of drug-likeness (QED) is 0.669. The van der Waals surface area contributed by atoms with Crippen molar-refractivity contribution >= 4 is 27.1 Å². The molecular weight excluding hydrogens is 344 g/mol. The van der Waals surface area contributed by atoms with Gasteiger partial charge in [0.05, 0.1) is 5.69 Å². The highest BCUT2D eigenvalue weighted by Crippen LogP contribution is 2.36. The summed E-state index contributed by atoms with van der Waals surface area (Å²) in [7, 11) is -4.67. The molecule has 1 aromatic heterocycles. The second-order valence-corrected chi connectivity index (χ2v) is 7.53. The van der Waals surface area contributed by atoms with Gasteiger partial charge in [-0.2, -0.15) is 8.42 Å². The summed E-state index contributed by atoms with van der Waals surface area (Å²) in [6.45, 7) is 5.26. The van der Waals surface area contributed by atoms with Crippen molar-refractivity contribution in [2.24, 2.45) is 11.8 Å². The van der Waals surface area contributed by atoms with Gasteiger partial charge in [0.15, 0.2) is 5.78 Å². The Kier molecular flexibility index (Phi) is 4.97. The molecule has 2 bridgehead atoms. The van der Waals surface area contributed by atoms with Crippen LogP contribution in [0.5, 0.6) is 0 Å². The van der Waals surface area contributed by atoms with Crippen LogP contribution in [0.4, 0.5) is 0 Å². The number of hydrogen-bond acceptors (Lipinski definition) is 4. The molecule has 0 saturated carbocycles. The van der Waals surface area contributed by atoms with Gasteiger partial charge < -0.3 is 4.98 Å². The third kappa shape index (κ3) is 3.92. The van der Waals surface area contributed by atoms with Crippen LogP contribution in [0, 0.1) is 11.8 Å². The molecular formula is C17H22N2O5S. The van der Waals surface area contributed by atoms with Crippen LogP contribution < -0.4 is 0 Å². The Balaban J connectivity index is 0.000000324. The maximum Gasteiger partial charge on any atom is 0.394 e. The fourth-order valence-corrected chi connectivity index (χ4v) is 3.99. The van der Waals surface area contributed by atoms with Crippen LogP contribution >= 0.6 is 0 Å². The fraction of sp³-hybridized carbons (Fsp3) is 0.471. The molecule has 8 heteroatoms. The first-order valence-electron chi connectivity index (χ1n) is 8.34. The number of Topliss-reactive ketones (excluding diaryl/α,β-unsaturated/α-hetero) is 1. The highest BCUT2D eigenvalue weighted by atomic mass is 32.3. The monoisotopic (exact) mass is 366 g/mol. The Morgan fingerprint density at radius 1 is 1.28 bits per heavy atom. The van der Waals surface area contributed by atoms with Gasteiger partial charge in [0.1, 0.15) is 0 Å². The number of nitrogens with zero attached hydrogens (tertiary/aromatic N) is 1. The minimum atomic E-state index is -4.67. The molecule has 0 amide bonds. The molecule has 136 valence electrons. The third-order valence-electron chi connectivity index (χ3n) is 5.12. The smallest absolute Gasteiger partial charge is 0.352 e. The lowest BCUT2D eigenvalue weighted by Crippen LogP contribution is -2.45. The Morgan fingerprint density at radius 2 is 1.96 bits per heavy atom. The van der Waals surface area contributed by atoms with Gasteiger partial charge in [0.2, 0.25) is 0 Å². The topological polar surface area (TPSA) is 111 Å². The van der Waals surface area contributed by atoms with Crippen molar-refractivity contribution in [1.29, 1.82) is 0 Å². The van der Waals surface area contributed by atoms with Gasteiger partial charge in [-0.3, -0.25) is 18.8 Å². The van der Waals surface area contributed by atoms with Crippen molar-refractivity contribution < 1.29 is 22.3 Å². The zero-order valence-electron chi connectivity index (χ0n) is 14.0. The molecule has 2 aromatic rings. The molecule has 1 aromatic carbocycles. The number of carbonyl (C=O) groups is 1. The van der Waals surface area contributed by atoms with Crippen molar-refractivity contribution in [3.05, 3.63) is 35.5 Å². The first kappa shape index (κ1) is 18.1. The molecule has 0 spiro atoms. The fourth-order valence-electron chi connectivity index (χ4n) is 3.99. The lowest BCUT2D eigenvalue weighted by atomic mass is 9.78. The number of fused-ring (bicyclic) bond motifs is 3. The predicted molar refractivity (Wildman–Crippen MR) is 94.0 cm³/mol. The van der Waals surface area contributed by atoms with Crippen LogP contribution in [-0.4, -0.2) is 46.3 Å². The number of ketones is 1. The maximum atomic E-state index is 12.9. The Bertz CT molecular complexity index is 882. The maximum absolute atomic E-state index is 12.9. The van der Waals surface area contributed by atoms with Crippen LogP contribution in [0.1, 0.15) is 35.8 Å². The van der Waals surface area contributed by atoms with Gasteiger partial charge in [-0.05, 0) is 24.9 Å². The minimum Gasteiger partial charge on any atom is -0.352 e. The molecule has 7 nitrogen and oxygen atoms in total. The van der Waals surface area contributed by atoms with Crippen LogP contribution in [0.25, 0.3) is 10.9 Å². The summed E-state index contributed by atoms with van der Waals surface area (Å²) in [4.78, 5) is 18.8. The summed E-state index contributed by atoms with van der Waals surface area (Å²) < 4.78 is 31.6. The normalized spacial score (nSPS) is 25.7. The Hall–Kier alpha value is -1.74. The second kappa shape index (κ2) is 6.87. The number of nitrogens with one attached hydrogen (secondary N) is 1. The van der Waals surface area contributed by atoms with Crippen LogP contribution in [0.15, 0.2) is 24.3 Å². The first-order valence-corrected chi connectivity index (χ1v) is 9.73. The highest BCUT2D eigenvalue weighted by molar-refractivity contribution is 7.79. The third-order valence-corrected chi connectivity index (χ3v) is 5.12. The molecule has 25 heavy (non-hydrogen) atoms. The van der Waals surface area contributed by atoms with Gasteiger partial charge >= 0.3 is 10.4 Å². The number of aromatic amines is 1. The zero-order valence-corrected chi connectivity index (χ0v) is 14.8. The number of carbonyl (C=O) groups excluding carboxylic acids is 1. The number of benzene rings is 1. The molecule has 3 unspecified atom stereocenters. The number of para-hydroxylation sites is 1. The molecule has 0 aliphatic carbocycles. The standard InChI is InChI=1S/C17H20N2O.H2O4S/c1-2-11-9-19-8-7-12(11)17(20)16-14(10-19)13-5-3-4-6-15(13)18-16;1-5(2,3)4/h3-6,11-12,18H,2,7-10H2,1H3;(H2,1,2,3,4). The average Bonchev–Trinajstić information content (AvgIpc) is 2.89. The van der Waals surface area contributed by atoms with E-state index in [1.807, 2.05) is 6.07 Å². The largest absolute Gasteiger partial charge is 0.394 e. The average molecular weight is 366 g/mol. The van der Waals surface area contributed by atoms with Gasteiger partial charge in [-0.25, -0.2) is 0 Å². The number of rotatable bonds is 1. The van der Waals surface area contributed by atoms with E-state index in [0.717, 1.165) is 43.7 Å². The van der Waals surface area contributed by atoms with Gasteiger partial charge in [-0.1, -0.05) is 31.5 Å². The SMILES string of the molecule is CCC1CN2CCC1C(=O)c1[nH]c3ccccc3c1C2.O=S(=O)(O)O. The van der Waals surface area contributed by atoms with Crippen molar-refractivity contribution in [3.8, 4) is 0 Å². The molecule has 3 N–H and O–H groups in total. The van der Waals surface area contributed by atoms with E-state index < -0.39 is 10.4 Å². The molecule has 3 aliphatic rings. The summed E-state index contributed by atoms with van der Waals surface area (Å²) in [6, 6.07) is 8.29. The van der Waals surface area contributed by atoms with Gasteiger partial charge in [-0.15, -0.1) is 0 Å². The number of hydrogen-bond donors (Lipinski definition) is 3. The van der Waals surface area contributed by atoms with E-state index in [0.29, 0.717) is 11.7 Å². The number of aromatic nitrogens is 1. The summed E-state index contributed by atoms with van der Waals surface area (Å²) in [5, 5.41) is 1.22. The second-order valence-electron chi connectivity index (χ2n) is 6.63. The summed E-state index contributed by atoms with van der Waals surface area (Å²) in [5.74, 6) is 1.08. The van der Waals surface area contributed by atoms with Gasteiger partial charge in [0.25, 0.3) is 0 Å². The van der Waals surface area contributed by atoms with E-state index in [1.54, 1.807) is 0 Å². The molecule has 0 radical (unpaired) electrons. The molecule has 4 heterocycles. The number of piperidine rings is 1. The minimum absolute atomic E-state index is 0.211. The van der Waals surface area contributed by atoms with E-state index in [4.69, 9.17) is 17.5 Å². The summed E-state index contributed by atoms with van der Waals surface area (Å²) >= 11 is 0. The van der Waals surface area contributed by atoms with E-state index in [9.17, 15) is 4.79 Å². The van der Waals surface area contributed by atoms with Crippen LogP contribution in [0.3, 0.4) is 0 Å². The van der Waals surface area contributed by atoms with E-state index in [1.165, 1.54) is 10.9 Å². The summed E-state index contributed by atoms with van der Waals surface area (Å²) in [6.07, 6.45) is 2.12. The van der Waals surface area contributed by atoms with E-state index in [-0.39, 0.29) is 5.92 Å². The molecule has 3 atom stereocenters. The molecule has 1 saturated heterocycles. The summed E-state index contributed by atoms with van der Waals surface area (Å²) in [5.41, 5.74) is 3.19. The molecule has 3 aliphatic heterocycles. The lowest BCUT2D eigenvalue weighted by Gasteiger charge is -2.39. The zero-order chi connectivity index (χ0) is 18.2. The number of H-pyrrole nitrogens is 1. The van der Waals surface area contributed by atoms with Crippen LogP contribution in [0.2, 0.25) is 0 Å². The highest BCUT2D eigenvalue weighted by Gasteiger charge is 2.38. The molecule has 5 rings (SSSR count). The van der Waals surface area contributed by atoms with Crippen LogP contribution in [-0.2, 0) is 16.9 Å². The van der Waals surface area contributed by atoms with Crippen molar-refractivity contribution in [2.75, 3.05) is 13.1 Å². The van der Waals surface area contributed by atoms with E-state index >= 15 is 0 Å².